The van der Waals surface area contributed by atoms with E-state index in [4.69, 9.17) is 9.15 Å². The zero-order chi connectivity index (χ0) is 22.9. The van der Waals surface area contributed by atoms with Gasteiger partial charge in [-0.2, -0.15) is 5.10 Å². The monoisotopic (exact) mass is 433 g/mol. The molecule has 0 atom stereocenters. The van der Waals surface area contributed by atoms with Crippen LogP contribution in [0.25, 0.3) is 11.3 Å². The molecule has 0 saturated carbocycles. The third kappa shape index (κ3) is 5.91. The minimum absolute atomic E-state index is 0.214. The van der Waals surface area contributed by atoms with Gasteiger partial charge in [-0.3, -0.25) is 9.59 Å². The van der Waals surface area contributed by atoms with Crippen LogP contribution in [0.1, 0.15) is 39.0 Å². The summed E-state index contributed by atoms with van der Waals surface area (Å²) in [4.78, 5) is 35.9. The number of hydrazone groups is 1. The van der Waals surface area contributed by atoms with E-state index in [0.717, 1.165) is 5.56 Å². The van der Waals surface area contributed by atoms with Crippen molar-refractivity contribution < 1.29 is 23.5 Å². The molecule has 0 aliphatic heterocycles. The topological polar surface area (TPSA) is 110 Å². The highest BCUT2D eigenvalue weighted by Crippen LogP contribution is 2.23. The molecule has 1 aromatic heterocycles. The van der Waals surface area contributed by atoms with E-state index in [9.17, 15) is 14.4 Å². The number of benzene rings is 2. The molecule has 2 aromatic carbocycles. The van der Waals surface area contributed by atoms with Crippen LogP contribution in [0.3, 0.4) is 0 Å². The highest BCUT2D eigenvalue weighted by atomic mass is 16.5. The first-order valence-electron chi connectivity index (χ1n) is 10.0. The van der Waals surface area contributed by atoms with Crippen LogP contribution < -0.4 is 10.7 Å². The number of hydrogen-bond donors (Lipinski definition) is 2. The van der Waals surface area contributed by atoms with Crippen molar-refractivity contribution in [3.63, 3.8) is 0 Å². The van der Waals surface area contributed by atoms with Gasteiger partial charge >= 0.3 is 5.97 Å². The average molecular weight is 433 g/mol. The number of ether oxygens (including phenoxy) is 1. The van der Waals surface area contributed by atoms with E-state index in [0.29, 0.717) is 34.8 Å². The number of esters is 1. The number of aryl methyl sites for hydroxylation is 1. The predicted octanol–water partition coefficient (Wildman–Crippen LogP) is 3.31. The summed E-state index contributed by atoms with van der Waals surface area (Å²) in [6.07, 6.45) is 1.35. The van der Waals surface area contributed by atoms with Crippen LogP contribution in [0, 0.1) is 6.92 Å². The number of rotatable bonds is 8. The Morgan fingerprint density at radius 3 is 2.66 bits per heavy atom. The molecule has 3 aromatic rings. The minimum atomic E-state index is -0.475. The number of furan rings is 1. The van der Waals surface area contributed by atoms with Gasteiger partial charge in [0.2, 0.25) is 0 Å². The van der Waals surface area contributed by atoms with Crippen LogP contribution in [0.5, 0.6) is 0 Å². The van der Waals surface area contributed by atoms with Crippen LogP contribution in [0.15, 0.2) is 70.2 Å². The van der Waals surface area contributed by atoms with Crippen molar-refractivity contribution in [3.8, 4) is 11.3 Å². The first-order chi connectivity index (χ1) is 15.5. The van der Waals surface area contributed by atoms with Gasteiger partial charge in [-0.1, -0.05) is 30.3 Å². The van der Waals surface area contributed by atoms with Gasteiger partial charge < -0.3 is 14.5 Å². The summed E-state index contributed by atoms with van der Waals surface area (Å²) in [5.74, 6) is -0.264. The maximum atomic E-state index is 12.1. The van der Waals surface area contributed by atoms with Gasteiger partial charge in [0.15, 0.2) is 0 Å². The van der Waals surface area contributed by atoms with Crippen LogP contribution in [-0.2, 0) is 9.53 Å². The van der Waals surface area contributed by atoms with E-state index in [1.807, 2.05) is 19.1 Å². The van der Waals surface area contributed by atoms with Gasteiger partial charge in [0, 0.05) is 11.1 Å². The Kier molecular flexibility index (Phi) is 7.53. The van der Waals surface area contributed by atoms with E-state index >= 15 is 0 Å². The van der Waals surface area contributed by atoms with E-state index in [1.165, 1.54) is 6.21 Å². The van der Waals surface area contributed by atoms with Gasteiger partial charge in [0.05, 0.1) is 24.9 Å². The molecule has 0 aliphatic carbocycles. The van der Waals surface area contributed by atoms with Crippen LogP contribution >= 0.6 is 0 Å². The second-order valence-corrected chi connectivity index (χ2v) is 6.79. The van der Waals surface area contributed by atoms with E-state index < -0.39 is 11.9 Å². The van der Waals surface area contributed by atoms with Crippen molar-refractivity contribution in [2.24, 2.45) is 5.10 Å². The molecule has 32 heavy (non-hydrogen) atoms. The second kappa shape index (κ2) is 10.7. The normalized spacial score (nSPS) is 10.7. The lowest BCUT2D eigenvalue weighted by atomic mass is 10.1. The fraction of sp³-hybridized carbons (Fsp3) is 0.167. The first kappa shape index (κ1) is 22.5. The Hall–Kier alpha value is -4.20. The second-order valence-electron chi connectivity index (χ2n) is 6.79. The molecule has 8 heteroatoms. The summed E-state index contributed by atoms with van der Waals surface area (Å²) in [6, 6.07) is 17.4. The predicted molar refractivity (Wildman–Crippen MR) is 119 cm³/mol. The number of nitrogens with one attached hydrogen (secondary N) is 2. The first-order valence-corrected chi connectivity index (χ1v) is 10.0. The molecule has 0 unspecified atom stereocenters. The van der Waals surface area contributed by atoms with Gasteiger partial charge in [-0.05, 0) is 49.7 Å². The van der Waals surface area contributed by atoms with Crippen LogP contribution in [0.2, 0.25) is 0 Å². The van der Waals surface area contributed by atoms with Crippen molar-refractivity contribution in [2.75, 3.05) is 13.2 Å². The van der Waals surface area contributed by atoms with E-state index in [2.05, 4.69) is 15.8 Å². The summed E-state index contributed by atoms with van der Waals surface area (Å²) in [7, 11) is 0. The fourth-order valence-electron chi connectivity index (χ4n) is 2.88. The van der Waals surface area contributed by atoms with Gasteiger partial charge in [0.25, 0.3) is 11.8 Å². The number of carbonyl (C=O) groups is 3. The quantitative estimate of drug-likeness (QED) is 0.322. The lowest BCUT2D eigenvalue weighted by Gasteiger charge is -2.06. The van der Waals surface area contributed by atoms with E-state index in [-0.39, 0.29) is 12.5 Å². The molecule has 0 spiro atoms. The average Bonchev–Trinajstić information content (AvgIpc) is 3.27. The maximum Gasteiger partial charge on any atom is 0.338 e. The SMILES string of the molecule is CCOC(=O)c1cccc(-c2ccc(/C=N/NC(=O)CNC(=O)c3ccccc3C)o2)c1. The summed E-state index contributed by atoms with van der Waals surface area (Å²) < 4.78 is 10.7. The Bertz CT molecular complexity index is 1150. The number of hydrogen-bond acceptors (Lipinski definition) is 6. The summed E-state index contributed by atoms with van der Waals surface area (Å²) in [5.41, 5.74) is 4.80. The standard InChI is InChI=1S/C24H23N3O5/c1-3-31-24(30)18-9-6-8-17(13-18)21-12-11-19(32-21)14-26-27-22(28)15-25-23(29)20-10-5-4-7-16(20)2/h4-14H,3,15H2,1-2H3,(H,25,29)(H,27,28)/b26-14+. The molecule has 3 rings (SSSR count). The van der Waals surface area contributed by atoms with Crippen LogP contribution in [-0.4, -0.2) is 37.1 Å². The zero-order valence-electron chi connectivity index (χ0n) is 17.8. The third-order valence-corrected chi connectivity index (χ3v) is 4.47. The lowest BCUT2D eigenvalue weighted by Crippen LogP contribution is -2.35. The van der Waals surface area contributed by atoms with Crippen molar-refractivity contribution in [1.82, 2.24) is 10.7 Å². The van der Waals surface area contributed by atoms with Crippen molar-refractivity contribution in [3.05, 3.63) is 83.1 Å². The number of amides is 2. The summed E-state index contributed by atoms with van der Waals surface area (Å²) in [5, 5.41) is 6.39. The zero-order valence-corrected chi connectivity index (χ0v) is 17.8. The lowest BCUT2D eigenvalue weighted by molar-refractivity contribution is -0.120. The fourth-order valence-corrected chi connectivity index (χ4v) is 2.88. The highest BCUT2D eigenvalue weighted by molar-refractivity contribution is 5.97. The molecular weight excluding hydrogens is 410 g/mol. The summed E-state index contributed by atoms with van der Waals surface area (Å²) >= 11 is 0. The molecule has 8 nitrogen and oxygen atoms in total. The molecule has 2 N–H and O–H groups in total. The maximum absolute atomic E-state index is 12.1. The number of carbonyl (C=O) groups excluding carboxylic acids is 3. The molecule has 164 valence electrons. The molecule has 0 radical (unpaired) electrons. The molecule has 1 heterocycles. The number of nitrogens with zero attached hydrogens (tertiary/aromatic N) is 1. The Morgan fingerprint density at radius 2 is 1.88 bits per heavy atom. The largest absolute Gasteiger partial charge is 0.462 e. The molecule has 0 bridgehead atoms. The van der Waals surface area contributed by atoms with Gasteiger partial charge in [-0.15, -0.1) is 0 Å². The molecule has 0 saturated heterocycles. The van der Waals surface area contributed by atoms with Crippen molar-refractivity contribution in [1.29, 1.82) is 0 Å². The van der Waals surface area contributed by atoms with E-state index in [1.54, 1.807) is 55.5 Å². The molecular formula is C24H23N3O5. The van der Waals surface area contributed by atoms with Crippen molar-refractivity contribution in [2.45, 2.75) is 13.8 Å². The van der Waals surface area contributed by atoms with Gasteiger partial charge in [-0.25, -0.2) is 10.2 Å². The molecule has 2 amide bonds. The van der Waals surface area contributed by atoms with Crippen molar-refractivity contribution >= 4 is 24.0 Å². The smallest absolute Gasteiger partial charge is 0.338 e. The highest BCUT2D eigenvalue weighted by Gasteiger charge is 2.11. The Labute approximate surface area is 185 Å². The Balaban J connectivity index is 1.53. The molecule has 0 aliphatic rings. The Morgan fingerprint density at radius 1 is 1.06 bits per heavy atom. The molecule has 0 fully saturated rings. The van der Waals surface area contributed by atoms with Crippen LogP contribution in [0.4, 0.5) is 0 Å². The minimum Gasteiger partial charge on any atom is -0.462 e. The summed E-state index contributed by atoms with van der Waals surface area (Å²) in [6.45, 7) is 3.65. The third-order valence-electron chi connectivity index (χ3n) is 4.47. The van der Waals surface area contributed by atoms with Gasteiger partial charge in [0.1, 0.15) is 11.5 Å².